The summed E-state index contributed by atoms with van der Waals surface area (Å²) in [6, 6.07) is 25.2. The van der Waals surface area contributed by atoms with Crippen LogP contribution in [0, 0.1) is 0 Å². The van der Waals surface area contributed by atoms with Crippen molar-refractivity contribution in [1.29, 1.82) is 0 Å². The van der Waals surface area contributed by atoms with E-state index in [4.69, 9.17) is 4.18 Å². The van der Waals surface area contributed by atoms with Crippen molar-refractivity contribution in [3.63, 3.8) is 0 Å². The molecule has 0 heterocycles. The molecule has 6 rings (SSSR count). The molecule has 130 valence electrons. The summed E-state index contributed by atoms with van der Waals surface area (Å²) in [4.78, 5) is 0. The Morgan fingerprint density at radius 3 is 1.77 bits per heavy atom. The van der Waals surface area contributed by atoms with Crippen LogP contribution in [0.25, 0.3) is 0 Å². The van der Waals surface area contributed by atoms with E-state index < -0.39 is 15.4 Å². The van der Waals surface area contributed by atoms with Gasteiger partial charge >= 0.3 is 10.1 Å². The van der Waals surface area contributed by atoms with Crippen LogP contribution in [0.4, 0.5) is 0 Å². The summed E-state index contributed by atoms with van der Waals surface area (Å²) >= 11 is 0. The Labute approximate surface area is 153 Å². The van der Waals surface area contributed by atoms with Crippen LogP contribution < -0.4 is 4.18 Å². The van der Waals surface area contributed by atoms with E-state index in [0.717, 1.165) is 11.1 Å². The molecular formula is C22H18O3S. The minimum absolute atomic E-state index is 0.103. The lowest BCUT2D eigenvalue weighted by atomic mass is 9.63. The first kappa shape index (κ1) is 15.6. The van der Waals surface area contributed by atoms with E-state index in [1.165, 1.54) is 11.1 Å². The number of hydrogen-bond acceptors (Lipinski definition) is 3. The molecule has 0 aromatic heterocycles. The fourth-order valence-electron chi connectivity index (χ4n) is 4.54. The van der Waals surface area contributed by atoms with Gasteiger partial charge in [-0.25, -0.2) is 0 Å². The van der Waals surface area contributed by atoms with Crippen molar-refractivity contribution in [3.8, 4) is 5.75 Å². The summed E-state index contributed by atoms with van der Waals surface area (Å²) in [6.45, 7) is 0. The number of hydrogen-bond donors (Lipinski definition) is 0. The van der Waals surface area contributed by atoms with Crippen molar-refractivity contribution in [1.82, 2.24) is 0 Å². The molecule has 0 radical (unpaired) electrons. The normalized spacial score (nSPS) is 23.2. The van der Waals surface area contributed by atoms with Gasteiger partial charge in [-0.1, -0.05) is 66.7 Å². The molecule has 0 amide bonds. The highest BCUT2D eigenvalue weighted by Gasteiger charge is 2.49. The van der Waals surface area contributed by atoms with E-state index in [1.54, 1.807) is 24.3 Å². The summed E-state index contributed by atoms with van der Waals surface area (Å²) in [5.41, 5.74) is 4.74. The van der Waals surface area contributed by atoms with Crippen molar-refractivity contribution >= 4 is 10.1 Å². The third-order valence-electron chi connectivity index (χ3n) is 5.58. The van der Waals surface area contributed by atoms with Crippen LogP contribution in [0.5, 0.6) is 5.75 Å². The van der Waals surface area contributed by atoms with Gasteiger partial charge in [0.2, 0.25) is 0 Å². The first-order chi connectivity index (χ1) is 12.6. The van der Waals surface area contributed by atoms with Crippen LogP contribution in [0.3, 0.4) is 0 Å². The molecule has 0 saturated heterocycles. The van der Waals surface area contributed by atoms with Gasteiger partial charge in [0, 0.05) is 11.8 Å². The Balaban J connectivity index is 1.63. The third-order valence-corrected chi connectivity index (χ3v) is 7.21. The molecule has 1 atom stereocenters. The zero-order valence-corrected chi connectivity index (χ0v) is 14.9. The SMILES string of the molecule is O=S(=O)(Oc1ccccc1)C1CC2c3ccccc3C1c1ccccc12. The molecule has 3 aliphatic carbocycles. The molecule has 4 heteroatoms. The van der Waals surface area contributed by atoms with Crippen LogP contribution in [0.2, 0.25) is 0 Å². The van der Waals surface area contributed by atoms with Gasteiger partial charge in [-0.15, -0.1) is 0 Å². The van der Waals surface area contributed by atoms with E-state index in [0.29, 0.717) is 12.2 Å². The highest BCUT2D eigenvalue weighted by molar-refractivity contribution is 7.87. The summed E-state index contributed by atoms with van der Waals surface area (Å²) in [7, 11) is -3.75. The van der Waals surface area contributed by atoms with Crippen LogP contribution in [0.15, 0.2) is 78.9 Å². The van der Waals surface area contributed by atoms with Gasteiger partial charge in [-0.3, -0.25) is 0 Å². The lowest BCUT2D eigenvalue weighted by Crippen LogP contribution is -2.42. The van der Waals surface area contributed by atoms with Gasteiger partial charge in [-0.2, -0.15) is 8.42 Å². The van der Waals surface area contributed by atoms with E-state index >= 15 is 0 Å². The summed E-state index contributed by atoms with van der Waals surface area (Å²) < 4.78 is 31.8. The molecule has 3 aromatic rings. The highest BCUT2D eigenvalue weighted by atomic mass is 32.2. The van der Waals surface area contributed by atoms with Crippen LogP contribution in [0.1, 0.15) is 40.5 Å². The van der Waals surface area contributed by atoms with Crippen LogP contribution >= 0.6 is 0 Å². The Morgan fingerprint density at radius 2 is 1.19 bits per heavy atom. The maximum atomic E-state index is 13.1. The highest BCUT2D eigenvalue weighted by Crippen LogP contribution is 2.54. The second-order valence-corrected chi connectivity index (χ2v) is 8.71. The summed E-state index contributed by atoms with van der Waals surface area (Å²) in [6.07, 6.45) is 0.563. The molecule has 3 aromatic carbocycles. The first-order valence-electron chi connectivity index (χ1n) is 8.81. The molecule has 0 spiro atoms. The molecule has 3 aliphatic rings. The fraction of sp³-hybridized carbons (Fsp3) is 0.182. The zero-order valence-electron chi connectivity index (χ0n) is 14.1. The second kappa shape index (κ2) is 5.71. The van der Waals surface area contributed by atoms with Crippen molar-refractivity contribution in [2.75, 3.05) is 0 Å². The lowest BCUT2D eigenvalue weighted by molar-refractivity contribution is 0.431. The van der Waals surface area contributed by atoms with Gasteiger partial charge < -0.3 is 4.18 Å². The third kappa shape index (κ3) is 2.29. The van der Waals surface area contributed by atoms with E-state index in [9.17, 15) is 8.42 Å². The summed E-state index contributed by atoms with van der Waals surface area (Å²) in [5, 5.41) is -0.572. The average Bonchev–Trinajstić information content (AvgIpc) is 2.68. The maximum Gasteiger partial charge on any atom is 0.313 e. The second-order valence-electron chi connectivity index (χ2n) is 6.95. The predicted octanol–water partition coefficient (Wildman–Crippen LogP) is 4.44. The quantitative estimate of drug-likeness (QED) is 0.647. The average molecular weight is 362 g/mol. The topological polar surface area (TPSA) is 43.4 Å². The van der Waals surface area contributed by atoms with E-state index in [2.05, 4.69) is 24.3 Å². The molecule has 0 saturated carbocycles. The maximum absolute atomic E-state index is 13.1. The molecule has 0 fully saturated rings. The van der Waals surface area contributed by atoms with Gasteiger partial charge in [0.05, 0.1) is 0 Å². The molecule has 0 aliphatic heterocycles. The molecule has 26 heavy (non-hydrogen) atoms. The van der Waals surface area contributed by atoms with Gasteiger partial charge in [0.25, 0.3) is 0 Å². The van der Waals surface area contributed by atoms with E-state index in [-0.39, 0.29) is 11.8 Å². The molecule has 0 N–H and O–H groups in total. The van der Waals surface area contributed by atoms with E-state index in [1.807, 2.05) is 30.3 Å². The Kier molecular flexibility index (Phi) is 3.44. The van der Waals surface area contributed by atoms with Gasteiger partial charge in [0.1, 0.15) is 11.0 Å². The molecular weight excluding hydrogens is 344 g/mol. The van der Waals surface area contributed by atoms with Crippen LogP contribution in [-0.4, -0.2) is 13.7 Å². The molecule has 1 unspecified atom stereocenters. The van der Waals surface area contributed by atoms with Crippen molar-refractivity contribution in [2.24, 2.45) is 0 Å². The Hall–Kier alpha value is -2.59. The number of fused-ring (bicyclic) bond motifs is 1. The minimum Gasteiger partial charge on any atom is -0.382 e. The van der Waals surface area contributed by atoms with Gasteiger partial charge in [-0.05, 0) is 40.8 Å². The first-order valence-corrected chi connectivity index (χ1v) is 10.3. The standard InChI is InChI=1S/C22H18O3S/c23-26(24,25-15-8-2-1-3-9-15)21-14-20-16-10-4-6-12-18(16)22(21)19-13-7-5-11-17(19)20/h1-13,20-22H,14H2. The largest absolute Gasteiger partial charge is 0.382 e. The molecule has 2 bridgehead atoms. The number of rotatable bonds is 3. The predicted molar refractivity (Wildman–Crippen MR) is 101 cm³/mol. The lowest BCUT2D eigenvalue weighted by Gasteiger charge is -2.44. The van der Waals surface area contributed by atoms with Crippen molar-refractivity contribution < 1.29 is 12.6 Å². The fourth-order valence-corrected chi connectivity index (χ4v) is 6.09. The van der Waals surface area contributed by atoms with Crippen LogP contribution in [-0.2, 0) is 10.1 Å². The number of para-hydroxylation sites is 1. The van der Waals surface area contributed by atoms with Crippen molar-refractivity contribution in [3.05, 3.63) is 101 Å². The Morgan fingerprint density at radius 1 is 0.692 bits per heavy atom. The molecule has 3 nitrogen and oxygen atoms in total. The van der Waals surface area contributed by atoms with Gasteiger partial charge in [0.15, 0.2) is 0 Å². The van der Waals surface area contributed by atoms with Crippen molar-refractivity contribution in [2.45, 2.75) is 23.5 Å². The summed E-state index contributed by atoms with van der Waals surface area (Å²) in [5.74, 6) is 0.295. The minimum atomic E-state index is -3.75. The Bertz CT molecular complexity index is 1030. The monoisotopic (exact) mass is 362 g/mol. The zero-order chi connectivity index (χ0) is 17.7. The smallest absolute Gasteiger partial charge is 0.313 e. The number of benzene rings is 3.